The predicted octanol–water partition coefficient (Wildman–Crippen LogP) is 5.72. The quantitative estimate of drug-likeness (QED) is 0.571. The Morgan fingerprint density at radius 1 is 1.00 bits per heavy atom. The van der Waals surface area contributed by atoms with Crippen LogP contribution in [-0.2, 0) is 12.8 Å². The van der Waals surface area contributed by atoms with Gasteiger partial charge in [0.2, 0.25) is 0 Å². The molecule has 0 saturated heterocycles. The Kier molecular flexibility index (Phi) is 4.94. The lowest BCUT2D eigenvalue weighted by atomic mass is 9.91. The monoisotopic (exact) mass is 400 g/mol. The summed E-state index contributed by atoms with van der Waals surface area (Å²) in [5.41, 5.74) is 4.68. The molecule has 27 heavy (non-hydrogen) atoms. The second-order valence-electron chi connectivity index (χ2n) is 6.69. The molecule has 0 amide bonds. The molecule has 0 fully saturated rings. The molecule has 4 rings (SSSR count). The predicted molar refractivity (Wildman–Crippen MR) is 108 cm³/mol. The molecule has 138 valence electrons. The average molecular weight is 401 g/mol. The summed E-state index contributed by atoms with van der Waals surface area (Å²) in [6.45, 7) is 1.96. The van der Waals surface area contributed by atoms with Gasteiger partial charge in [-0.3, -0.25) is 4.79 Å². The molecule has 0 unspecified atom stereocenters. The summed E-state index contributed by atoms with van der Waals surface area (Å²) in [7, 11) is 0. The van der Waals surface area contributed by atoms with E-state index in [1.807, 2.05) is 31.2 Å². The SMILES string of the molecule is Cc1[nH]c2c(c(=O)c1-c1ccc(Oc3cc(Cl)nc(Cl)c3)cc1)CCCC2. The van der Waals surface area contributed by atoms with Gasteiger partial charge in [-0.05, 0) is 50.3 Å². The lowest BCUT2D eigenvalue weighted by Crippen LogP contribution is -2.21. The second kappa shape index (κ2) is 7.37. The van der Waals surface area contributed by atoms with E-state index in [0.717, 1.165) is 53.8 Å². The molecular formula is C21H18Cl2N2O2. The summed E-state index contributed by atoms with van der Waals surface area (Å²) in [5.74, 6) is 1.14. The molecule has 1 aromatic carbocycles. The summed E-state index contributed by atoms with van der Waals surface area (Å²) < 4.78 is 5.79. The number of H-pyrrole nitrogens is 1. The fraction of sp³-hybridized carbons (Fsp3) is 0.238. The Morgan fingerprint density at radius 2 is 1.67 bits per heavy atom. The number of aromatic amines is 1. The van der Waals surface area contributed by atoms with Crippen LogP contribution in [0.1, 0.15) is 29.8 Å². The van der Waals surface area contributed by atoms with Crippen LogP contribution in [0.5, 0.6) is 11.5 Å². The number of halogens is 2. The molecule has 0 aliphatic heterocycles. The van der Waals surface area contributed by atoms with Gasteiger partial charge < -0.3 is 9.72 Å². The fourth-order valence-corrected chi connectivity index (χ4v) is 4.02. The highest BCUT2D eigenvalue weighted by Crippen LogP contribution is 2.29. The van der Waals surface area contributed by atoms with Crippen molar-refractivity contribution in [3.05, 3.63) is 73.9 Å². The van der Waals surface area contributed by atoms with Gasteiger partial charge in [0.1, 0.15) is 21.8 Å². The lowest BCUT2D eigenvalue weighted by molar-refractivity contribution is 0.482. The first-order valence-electron chi connectivity index (χ1n) is 8.87. The summed E-state index contributed by atoms with van der Waals surface area (Å²) >= 11 is 11.8. The molecule has 0 spiro atoms. The van der Waals surface area contributed by atoms with Gasteiger partial charge in [-0.15, -0.1) is 0 Å². The van der Waals surface area contributed by atoms with Gasteiger partial charge in [-0.1, -0.05) is 35.3 Å². The number of hydrogen-bond acceptors (Lipinski definition) is 3. The molecule has 2 aromatic heterocycles. The van der Waals surface area contributed by atoms with E-state index in [4.69, 9.17) is 27.9 Å². The molecule has 0 radical (unpaired) electrons. The van der Waals surface area contributed by atoms with Gasteiger partial charge in [0, 0.05) is 34.6 Å². The fourth-order valence-electron chi connectivity index (χ4n) is 3.58. The van der Waals surface area contributed by atoms with Gasteiger partial charge >= 0.3 is 0 Å². The largest absolute Gasteiger partial charge is 0.457 e. The highest BCUT2D eigenvalue weighted by atomic mass is 35.5. The minimum atomic E-state index is 0.141. The van der Waals surface area contributed by atoms with Gasteiger partial charge in [-0.25, -0.2) is 4.98 Å². The van der Waals surface area contributed by atoms with Crippen molar-refractivity contribution in [2.45, 2.75) is 32.6 Å². The third-order valence-corrected chi connectivity index (χ3v) is 5.18. The number of aromatic nitrogens is 2. The third kappa shape index (κ3) is 3.73. The van der Waals surface area contributed by atoms with Crippen LogP contribution in [0.4, 0.5) is 0 Å². The third-order valence-electron chi connectivity index (χ3n) is 4.80. The maximum atomic E-state index is 13.0. The molecule has 1 N–H and O–H groups in total. The Bertz CT molecular complexity index is 1040. The zero-order valence-corrected chi connectivity index (χ0v) is 16.3. The van der Waals surface area contributed by atoms with Gasteiger partial charge in [0.15, 0.2) is 5.43 Å². The summed E-state index contributed by atoms with van der Waals surface area (Å²) in [4.78, 5) is 20.3. The number of hydrogen-bond donors (Lipinski definition) is 1. The number of pyridine rings is 2. The van der Waals surface area contributed by atoms with Crippen LogP contribution in [-0.4, -0.2) is 9.97 Å². The Hall–Kier alpha value is -2.30. The smallest absolute Gasteiger partial charge is 0.193 e. The van der Waals surface area contributed by atoms with Crippen LogP contribution < -0.4 is 10.2 Å². The van der Waals surface area contributed by atoms with Crippen LogP contribution in [0.3, 0.4) is 0 Å². The first-order chi connectivity index (χ1) is 13.0. The Labute approximate surface area is 167 Å². The van der Waals surface area contributed by atoms with Crippen molar-refractivity contribution >= 4 is 23.2 Å². The first-order valence-corrected chi connectivity index (χ1v) is 9.63. The molecule has 0 bridgehead atoms. The van der Waals surface area contributed by atoms with Crippen LogP contribution in [0, 0.1) is 6.92 Å². The molecule has 1 aliphatic rings. The lowest BCUT2D eigenvalue weighted by Gasteiger charge is -2.18. The molecule has 2 heterocycles. The van der Waals surface area contributed by atoms with E-state index in [2.05, 4.69) is 9.97 Å². The molecule has 0 atom stereocenters. The maximum absolute atomic E-state index is 13.0. The summed E-state index contributed by atoms with van der Waals surface area (Å²) in [6.07, 6.45) is 4.01. The zero-order chi connectivity index (χ0) is 19.0. The number of nitrogens with one attached hydrogen (secondary N) is 1. The van der Waals surface area contributed by atoms with Gasteiger partial charge in [0.05, 0.1) is 0 Å². The van der Waals surface area contributed by atoms with Crippen LogP contribution in [0.15, 0.2) is 41.2 Å². The highest BCUT2D eigenvalue weighted by molar-refractivity contribution is 6.32. The minimum Gasteiger partial charge on any atom is -0.457 e. The van der Waals surface area contributed by atoms with Crippen LogP contribution in [0.2, 0.25) is 10.3 Å². The number of fused-ring (bicyclic) bond motifs is 1. The number of ether oxygens (including phenoxy) is 1. The normalized spacial score (nSPS) is 13.3. The number of aryl methyl sites for hydroxylation is 2. The van der Waals surface area contributed by atoms with Crippen molar-refractivity contribution in [3.8, 4) is 22.6 Å². The van der Waals surface area contributed by atoms with Crippen molar-refractivity contribution in [2.75, 3.05) is 0 Å². The van der Waals surface area contributed by atoms with Crippen molar-refractivity contribution in [1.82, 2.24) is 9.97 Å². The minimum absolute atomic E-state index is 0.141. The zero-order valence-electron chi connectivity index (χ0n) is 14.8. The van der Waals surface area contributed by atoms with Crippen molar-refractivity contribution < 1.29 is 4.74 Å². The Morgan fingerprint density at radius 3 is 2.37 bits per heavy atom. The topological polar surface area (TPSA) is 55.0 Å². The molecule has 6 heteroatoms. The van der Waals surface area contributed by atoms with Crippen LogP contribution in [0.25, 0.3) is 11.1 Å². The van der Waals surface area contributed by atoms with Crippen molar-refractivity contribution in [3.63, 3.8) is 0 Å². The molecule has 1 aliphatic carbocycles. The van der Waals surface area contributed by atoms with Gasteiger partial charge in [0.25, 0.3) is 0 Å². The molecule has 0 saturated carbocycles. The first kappa shape index (κ1) is 18.1. The van der Waals surface area contributed by atoms with E-state index in [-0.39, 0.29) is 15.7 Å². The standard InChI is InChI=1S/C21H18Cl2N2O2/c1-12-20(21(26)16-4-2-3-5-17(16)24-12)13-6-8-14(9-7-13)27-15-10-18(22)25-19(23)11-15/h6-11H,2-5H2,1H3,(H,24,26). The summed E-state index contributed by atoms with van der Waals surface area (Å²) in [5, 5.41) is 0.538. The number of nitrogens with zero attached hydrogens (tertiary/aromatic N) is 1. The van der Waals surface area contributed by atoms with E-state index in [0.29, 0.717) is 11.5 Å². The average Bonchev–Trinajstić information content (AvgIpc) is 2.62. The molecule has 3 aromatic rings. The van der Waals surface area contributed by atoms with Crippen LogP contribution >= 0.6 is 23.2 Å². The van der Waals surface area contributed by atoms with E-state index in [1.165, 1.54) is 0 Å². The molecule has 4 nitrogen and oxygen atoms in total. The molecular weight excluding hydrogens is 383 g/mol. The summed E-state index contributed by atoms with van der Waals surface area (Å²) in [6, 6.07) is 10.6. The van der Waals surface area contributed by atoms with E-state index in [1.54, 1.807) is 12.1 Å². The highest BCUT2D eigenvalue weighted by Gasteiger charge is 2.18. The Balaban J connectivity index is 1.66. The van der Waals surface area contributed by atoms with E-state index >= 15 is 0 Å². The van der Waals surface area contributed by atoms with Gasteiger partial charge in [-0.2, -0.15) is 0 Å². The van der Waals surface area contributed by atoms with E-state index < -0.39 is 0 Å². The second-order valence-corrected chi connectivity index (χ2v) is 7.47. The van der Waals surface area contributed by atoms with Crippen molar-refractivity contribution in [2.24, 2.45) is 0 Å². The van der Waals surface area contributed by atoms with E-state index in [9.17, 15) is 4.79 Å². The van der Waals surface area contributed by atoms with Crippen molar-refractivity contribution in [1.29, 1.82) is 0 Å². The maximum Gasteiger partial charge on any atom is 0.193 e. The number of benzene rings is 1. The number of rotatable bonds is 3.